The van der Waals surface area contributed by atoms with Gasteiger partial charge >= 0.3 is 0 Å². The molecule has 1 heterocycles. The van der Waals surface area contributed by atoms with Crippen LogP contribution in [0, 0.1) is 0 Å². The molecule has 0 spiro atoms. The van der Waals surface area contributed by atoms with E-state index in [4.69, 9.17) is 0 Å². The van der Waals surface area contributed by atoms with Gasteiger partial charge in [-0.1, -0.05) is 40.2 Å². The predicted octanol–water partition coefficient (Wildman–Crippen LogP) is 3.76. The number of para-hydroxylation sites is 1. The molecule has 5 heteroatoms. The van der Waals surface area contributed by atoms with Crippen molar-refractivity contribution in [1.82, 2.24) is 10.4 Å². The van der Waals surface area contributed by atoms with Crippen molar-refractivity contribution in [2.45, 2.75) is 0 Å². The van der Waals surface area contributed by atoms with Crippen LogP contribution < -0.4 is 5.43 Å². The van der Waals surface area contributed by atoms with Gasteiger partial charge in [0.2, 0.25) is 0 Å². The van der Waals surface area contributed by atoms with Gasteiger partial charge in [-0.2, -0.15) is 5.10 Å². The summed E-state index contributed by atoms with van der Waals surface area (Å²) < 4.78 is 0.924. The number of nitrogens with one attached hydrogen (secondary N) is 1. The molecule has 0 unspecified atom stereocenters. The minimum atomic E-state index is -0.260. The van der Waals surface area contributed by atoms with Gasteiger partial charge in [-0.05, 0) is 36.4 Å². The average Bonchev–Trinajstić information content (AvgIpc) is 2.55. The first-order valence-corrected chi connectivity index (χ1v) is 7.46. The fourth-order valence-electron chi connectivity index (χ4n) is 1.98. The molecule has 2 aromatic carbocycles. The number of halogens is 1. The highest BCUT2D eigenvalue weighted by Crippen LogP contribution is 2.11. The lowest BCUT2D eigenvalue weighted by molar-refractivity contribution is 0.0955. The normalized spacial score (nSPS) is 11.0. The molecule has 0 fully saturated rings. The third kappa shape index (κ3) is 3.38. The molecule has 108 valence electrons. The molecule has 0 bridgehead atoms. The predicted molar refractivity (Wildman–Crippen MR) is 90.9 cm³/mol. The molecular formula is C17H12BrN3O. The van der Waals surface area contributed by atoms with Crippen LogP contribution in [0.2, 0.25) is 0 Å². The minimum Gasteiger partial charge on any atom is -0.267 e. The Labute approximate surface area is 136 Å². The number of amides is 1. The third-order valence-electron chi connectivity index (χ3n) is 3.09. The summed E-state index contributed by atoms with van der Waals surface area (Å²) in [6.45, 7) is 0. The summed E-state index contributed by atoms with van der Waals surface area (Å²) >= 11 is 3.33. The highest BCUT2D eigenvalue weighted by molar-refractivity contribution is 9.10. The van der Waals surface area contributed by atoms with Gasteiger partial charge in [-0.15, -0.1) is 0 Å². The first kappa shape index (κ1) is 14.4. The van der Waals surface area contributed by atoms with Crippen molar-refractivity contribution in [3.05, 3.63) is 76.4 Å². The number of fused-ring (bicyclic) bond motifs is 1. The number of hydrazone groups is 1. The van der Waals surface area contributed by atoms with Crippen molar-refractivity contribution < 1.29 is 4.79 Å². The molecule has 1 N–H and O–H groups in total. The van der Waals surface area contributed by atoms with E-state index in [1.165, 1.54) is 6.21 Å². The van der Waals surface area contributed by atoms with Crippen LogP contribution in [0.5, 0.6) is 0 Å². The van der Waals surface area contributed by atoms with Gasteiger partial charge in [0.05, 0.1) is 17.4 Å². The zero-order chi connectivity index (χ0) is 15.4. The molecule has 0 aliphatic carbocycles. The summed E-state index contributed by atoms with van der Waals surface area (Å²) in [7, 11) is 0. The second-order valence-electron chi connectivity index (χ2n) is 4.63. The fourth-order valence-corrected chi connectivity index (χ4v) is 2.24. The Bertz CT molecular complexity index is 844. The molecule has 22 heavy (non-hydrogen) atoms. The van der Waals surface area contributed by atoms with Crippen LogP contribution in [-0.4, -0.2) is 17.1 Å². The molecule has 4 nitrogen and oxygen atoms in total. The molecule has 0 saturated carbocycles. The first-order chi connectivity index (χ1) is 10.7. The van der Waals surface area contributed by atoms with E-state index in [0.29, 0.717) is 11.3 Å². The van der Waals surface area contributed by atoms with Crippen LogP contribution in [0.3, 0.4) is 0 Å². The maximum absolute atomic E-state index is 11.9. The van der Waals surface area contributed by atoms with Gasteiger partial charge in [0.15, 0.2) is 0 Å². The van der Waals surface area contributed by atoms with Gasteiger partial charge in [-0.25, -0.2) is 10.4 Å². The Morgan fingerprint density at radius 2 is 1.82 bits per heavy atom. The first-order valence-electron chi connectivity index (χ1n) is 6.67. The quantitative estimate of drug-likeness (QED) is 0.575. The third-order valence-corrected chi connectivity index (χ3v) is 3.62. The van der Waals surface area contributed by atoms with Gasteiger partial charge in [0, 0.05) is 15.4 Å². The summed E-state index contributed by atoms with van der Waals surface area (Å²) in [4.78, 5) is 16.3. The zero-order valence-electron chi connectivity index (χ0n) is 11.5. The Balaban J connectivity index is 1.70. The van der Waals surface area contributed by atoms with E-state index in [9.17, 15) is 4.79 Å². The van der Waals surface area contributed by atoms with Crippen molar-refractivity contribution >= 4 is 39.0 Å². The molecule has 0 aliphatic heterocycles. The topological polar surface area (TPSA) is 54.4 Å². The van der Waals surface area contributed by atoms with E-state index < -0.39 is 0 Å². The van der Waals surface area contributed by atoms with Crippen molar-refractivity contribution in [1.29, 1.82) is 0 Å². The van der Waals surface area contributed by atoms with E-state index in [-0.39, 0.29) is 5.91 Å². The maximum Gasteiger partial charge on any atom is 0.271 e. The van der Waals surface area contributed by atoms with Crippen molar-refractivity contribution in [2.75, 3.05) is 0 Å². The Morgan fingerprint density at radius 3 is 2.64 bits per heavy atom. The van der Waals surface area contributed by atoms with Gasteiger partial charge in [-0.3, -0.25) is 4.79 Å². The maximum atomic E-state index is 11.9. The number of carbonyl (C=O) groups excluding carboxylic acids is 1. The number of rotatable bonds is 3. The molecule has 1 amide bonds. The lowest BCUT2D eigenvalue weighted by atomic mass is 10.2. The van der Waals surface area contributed by atoms with Gasteiger partial charge in [0.1, 0.15) is 0 Å². The SMILES string of the molecule is O=C(N/N=C/c1ccc2ccccc2n1)c1ccc(Br)cc1. The molecule has 3 rings (SSSR count). The number of pyridine rings is 1. The Kier molecular flexibility index (Phi) is 4.25. The van der Waals surface area contributed by atoms with Crippen molar-refractivity contribution in [3.8, 4) is 0 Å². The fraction of sp³-hybridized carbons (Fsp3) is 0. The molecule has 3 aromatic rings. The van der Waals surface area contributed by atoms with Crippen LogP contribution in [0.1, 0.15) is 16.1 Å². The van der Waals surface area contributed by atoms with Gasteiger partial charge in [0.25, 0.3) is 5.91 Å². The Hall–Kier alpha value is -2.53. The molecule has 1 aromatic heterocycles. The van der Waals surface area contributed by atoms with Crippen LogP contribution in [-0.2, 0) is 0 Å². The van der Waals surface area contributed by atoms with E-state index in [0.717, 1.165) is 15.4 Å². The summed E-state index contributed by atoms with van der Waals surface area (Å²) in [6, 6.07) is 18.7. The van der Waals surface area contributed by atoms with Crippen LogP contribution in [0.25, 0.3) is 10.9 Å². The van der Waals surface area contributed by atoms with E-state index >= 15 is 0 Å². The minimum absolute atomic E-state index is 0.260. The summed E-state index contributed by atoms with van der Waals surface area (Å²) in [5, 5.41) is 5.02. The summed E-state index contributed by atoms with van der Waals surface area (Å²) in [5.41, 5.74) is 4.62. The second-order valence-corrected chi connectivity index (χ2v) is 5.55. The van der Waals surface area contributed by atoms with Crippen molar-refractivity contribution in [3.63, 3.8) is 0 Å². The smallest absolute Gasteiger partial charge is 0.267 e. The van der Waals surface area contributed by atoms with Crippen LogP contribution >= 0.6 is 15.9 Å². The molecule has 0 saturated heterocycles. The average molecular weight is 354 g/mol. The molecular weight excluding hydrogens is 342 g/mol. The number of benzene rings is 2. The van der Waals surface area contributed by atoms with E-state index in [1.807, 2.05) is 48.5 Å². The van der Waals surface area contributed by atoms with E-state index in [2.05, 4.69) is 31.4 Å². The standard InChI is InChI=1S/C17H12BrN3O/c18-14-8-5-13(6-9-14)17(22)21-19-11-15-10-7-12-3-1-2-4-16(12)20-15/h1-11H,(H,21,22)/b19-11+. The molecule has 0 radical (unpaired) electrons. The summed E-state index contributed by atoms with van der Waals surface area (Å²) in [6.07, 6.45) is 1.53. The van der Waals surface area contributed by atoms with Gasteiger partial charge < -0.3 is 0 Å². The number of carbonyl (C=O) groups is 1. The van der Waals surface area contributed by atoms with Crippen LogP contribution in [0.4, 0.5) is 0 Å². The Morgan fingerprint density at radius 1 is 1.05 bits per heavy atom. The highest BCUT2D eigenvalue weighted by atomic mass is 79.9. The zero-order valence-corrected chi connectivity index (χ0v) is 13.1. The number of hydrogen-bond donors (Lipinski definition) is 1. The van der Waals surface area contributed by atoms with Crippen molar-refractivity contribution in [2.24, 2.45) is 5.10 Å². The number of aromatic nitrogens is 1. The lowest BCUT2D eigenvalue weighted by Crippen LogP contribution is -2.17. The summed E-state index contributed by atoms with van der Waals surface area (Å²) in [5.74, 6) is -0.260. The second kappa shape index (κ2) is 6.49. The molecule has 0 atom stereocenters. The lowest BCUT2D eigenvalue weighted by Gasteiger charge is -2.00. The number of hydrogen-bond acceptors (Lipinski definition) is 3. The number of nitrogens with zero attached hydrogens (tertiary/aromatic N) is 2. The molecule has 0 aliphatic rings. The highest BCUT2D eigenvalue weighted by Gasteiger charge is 2.03. The van der Waals surface area contributed by atoms with Crippen LogP contribution in [0.15, 0.2) is 70.2 Å². The van der Waals surface area contributed by atoms with E-state index in [1.54, 1.807) is 12.1 Å². The largest absolute Gasteiger partial charge is 0.271 e. The monoisotopic (exact) mass is 353 g/mol.